The Hall–Kier alpha value is -0.280. The molecule has 2 nitrogen and oxygen atoms in total. The lowest BCUT2D eigenvalue weighted by Crippen LogP contribution is -2.47. The van der Waals surface area contributed by atoms with Gasteiger partial charge in [0.05, 0.1) is 6.04 Å². The number of piperazine rings is 1. The van der Waals surface area contributed by atoms with E-state index in [1.165, 1.54) is 5.56 Å². The first kappa shape index (κ1) is 11.8. The molecule has 0 bridgehead atoms. The second-order valence-electron chi connectivity index (χ2n) is 3.20. The molecule has 1 aliphatic heterocycles. The number of benzene rings is 1. The standard InChI is InChI=1S/C10H13ClN2.ClH/c11-10-9(12-6-7-13-10)8-4-2-1-3-5-8;/h1-5,9-10,12-13H,6-7H2;1H. The SMILES string of the molecule is Cl.ClC1NCCNC1c1ccccc1. The van der Waals surface area contributed by atoms with Crippen LogP contribution in [-0.2, 0) is 0 Å². The van der Waals surface area contributed by atoms with Gasteiger partial charge in [0.1, 0.15) is 5.50 Å². The van der Waals surface area contributed by atoms with E-state index in [1.54, 1.807) is 0 Å². The Morgan fingerprint density at radius 2 is 1.71 bits per heavy atom. The molecular weight excluding hydrogens is 219 g/mol. The molecule has 1 heterocycles. The summed E-state index contributed by atoms with van der Waals surface area (Å²) >= 11 is 6.14. The molecule has 0 aliphatic carbocycles. The maximum absolute atomic E-state index is 6.14. The van der Waals surface area contributed by atoms with Crippen molar-refractivity contribution >= 4 is 24.0 Å². The first-order chi connectivity index (χ1) is 6.38. The molecule has 0 spiro atoms. The van der Waals surface area contributed by atoms with Crippen LogP contribution >= 0.6 is 24.0 Å². The minimum atomic E-state index is -0.00356. The van der Waals surface area contributed by atoms with E-state index in [9.17, 15) is 0 Å². The van der Waals surface area contributed by atoms with Crippen LogP contribution in [0.5, 0.6) is 0 Å². The molecule has 4 heteroatoms. The molecule has 14 heavy (non-hydrogen) atoms. The topological polar surface area (TPSA) is 24.1 Å². The molecule has 0 saturated carbocycles. The molecule has 2 atom stereocenters. The average Bonchev–Trinajstić information content (AvgIpc) is 2.20. The van der Waals surface area contributed by atoms with Crippen molar-refractivity contribution in [3.05, 3.63) is 35.9 Å². The summed E-state index contributed by atoms with van der Waals surface area (Å²) in [6.45, 7) is 1.92. The van der Waals surface area contributed by atoms with Crippen LogP contribution < -0.4 is 10.6 Å². The van der Waals surface area contributed by atoms with E-state index in [1.807, 2.05) is 18.2 Å². The van der Waals surface area contributed by atoms with Crippen LogP contribution in [0, 0.1) is 0 Å². The summed E-state index contributed by atoms with van der Waals surface area (Å²) in [7, 11) is 0. The number of nitrogens with one attached hydrogen (secondary N) is 2. The smallest absolute Gasteiger partial charge is 0.102 e. The van der Waals surface area contributed by atoms with Crippen molar-refractivity contribution < 1.29 is 0 Å². The van der Waals surface area contributed by atoms with Gasteiger partial charge >= 0.3 is 0 Å². The van der Waals surface area contributed by atoms with Gasteiger partial charge in [0.15, 0.2) is 0 Å². The van der Waals surface area contributed by atoms with E-state index in [-0.39, 0.29) is 23.9 Å². The number of rotatable bonds is 1. The third-order valence-electron chi connectivity index (χ3n) is 2.28. The van der Waals surface area contributed by atoms with Gasteiger partial charge < -0.3 is 5.32 Å². The van der Waals surface area contributed by atoms with E-state index in [0.717, 1.165) is 13.1 Å². The lowest BCUT2D eigenvalue weighted by Gasteiger charge is -2.29. The molecular formula is C10H14Cl2N2. The highest BCUT2D eigenvalue weighted by Gasteiger charge is 2.22. The van der Waals surface area contributed by atoms with Crippen LogP contribution in [0.2, 0.25) is 0 Å². The number of halogens is 2. The Balaban J connectivity index is 0.000000980. The molecule has 1 fully saturated rings. The van der Waals surface area contributed by atoms with Crippen LogP contribution in [0.15, 0.2) is 30.3 Å². The molecule has 78 valence electrons. The Bertz CT molecular complexity index is 266. The first-order valence-corrected chi connectivity index (χ1v) is 4.97. The third-order valence-corrected chi connectivity index (χ3v) is 2.69. The van der Waals surface area contributed by atoms with Crippen LogP contribution in [0.1, 0.15) is 11.6 Å². The zero-order valence-corrected chi connectivity index (χ0v) is 9.31. The van der Waals surface area contributed by atoms with Gasteiger partial charge in [0.25, 0.3) is 0 Å². The van der Waals surface area contributed by atoms with Gasteiger partial charge in [-0.15, -0.1) is 24.0 Å². The summed E-state index contributed by atoms with van der Waals surface area (Å²) < 4.78 is 0. The largest absolute Gasteiger partial charge is 0.306 e. The molecule has 2 rings (SSSR count). The second-order valence-corrected chi connectivity index (χ2v) is 3.67. The van der Waals surface area contributed by atoms with Crippen molar-refractivity contribution in [2.75, 3.05) is 13.1 Å². The highest BCUT2D eigenvalue weighted by Crippen LogP contribution is 2.20. The summed E-state index contributed by atoms with van der Waals surface area (Å²) in [5, 5.41) is 6.62. The molecule has 1 aromatic rings. The second kappa shape index (κ2) is 5.56. The van der Waals surface area contributed by atoms with Gasteiger partial charge in [-0.2, -0.15) is 0 Å². The zero-order chi connectivity index (χ0) is 9.10. The summed E-state index contributed by atoms with van der Waals surface area (Å²) in [6, 6.07) is 10.5. The highest BCUT2D eigenvalue weighted by molar-refractivity contribution is 6.20. The summed E-state index contributed by atoms with van der Waals surface area (Å²) in [4.78, 5) is 0. The predicted molar refractivity (Wildman–Crippen MR) is 62.1 cm³/mol. The van der Waals surface area contributed by atoms with Crippen LogP contribution in [0.3, 0.4) is 0 Å². The van der Waals surface area contributed by atoms with E-state index in [4.69, 9.17) is 11.6 Å². The fourth-order valence-corrected chi connectivity index (χ4v) is 1.95. The van der Waals surface area contributed by atoms with E-state index in [2.05, 4.69) is 22.8 Å². The fourth-order valence-electron chi connectivity index (χ4n) is 1.61. The van der Waals surface area contributed by atoms with Crippen LogP contribution in [0.4, 0.5) is 0 Å². The van der Waals surface area contributed by atoms with E-state index in [0.29, 0.717) is 0 Å². The summed E-state index contributed by atoms with van der Waals surface area (Å²) in [5.41, 5.74) is 1.24. The van der Waals surface area contributed by atoms with Gasteiger partial charge in [-0.3, -0.25) is 5.32 Å². The number of hydrogen-bond donors (Lipinski definition) is 2. The summed E-state index contributed by atoms with van der Waals surface area (Å²) in [5.74, 6) is 0. The molecule has 0 radical (unpaired) electrons. The van der Waals surface area contributed by atoms with Crippen molar-refractivity contribution in [3.63, 3.8) is 0 Å². The maximum atomic E-state index is 6.14. The molecule has 1 aliphatic rings. The van der Waals surface area contributed by atoms with Crippen LogP contribution in [0.25, 0.3) is 0 Å². The molecule has 0 aromatic heterocycles. The maximum Gasteiger partial charge on any atom is 0.102 e. The first-order valence-electron chi connectivity index (χ1n) is 4.54. The molecule has 2 unspecified atom stereocenters. The Kier molecular flexibility index (Phi) is 4.69. The van der Waals surface area contributed by atoms with Crippen molar-refractivity contribution in [1.29, 1.82) is 0 Å². The van der Waals surface area contributed by atoms with E-state index < -0.39 is 0 Å². The fraction of sp³-hybridized carbons (Fsp3) is 0.400. The Labute approximate surface area is 95.4 Å². The number of alkyl halides is 1. The Morgan fingerprint density at radius 3 is 2.36 bits per heavy atom. The minimum Gasteiger partial charge on any atom is -0.306 e. The van der Waals surface area contributed by atoms with Gasteiger partial charge in [-0.25, -0.2) is 0 Å². The molecule has 1 aromatic carbocycles. The van der Waals surface area contributed by atoms with Gasteiger partial charge in [-0.1, -0.05) is 30.3 Å². The highest BCUT2D eigenvalue weighted by atomic mass is 35.5. The van der Waals surface area contributed by atoms with Crippen molar-refractivity contribution in [3.8, 4) is 0 Å². The monoisotopic (exact) mass is 232 g/mol. The quantitative estimate of drug-likeness (QED) is 0.572. The van der Waals surface area contributed by atoms with E-state index >= 15 is 0 Å². The van der Waals surface area contributed by atoms with Crippen molar-refractivity contribution in [1.82, 2.24) is 10.6 Å². The van der Waals surface area contributed by atoms with Gasteiger partial charge in [-0.05, 0) is 5.56 Å². The van der Waals surface area contributed by atoms with Crippen molar-refractivity contribution in [2.24, 2.45) is 0 Å². The zero-order valence-electron chi connectivity index (χ0n) is 7.74. The molecule has 1 saturated heterocycles. The molecule has 2 N–H and O–H groups in total. The Morgan fingerprint density at radius 1 is 1.07 bits per heavy atom. The predicted octanol–water partition coefficient (Wildman–Crippen LogP) is 1.91. The minimum absolute atomic E-state index is 0. The normalized spacial score (nSPS) is 26.6. The lowest BCUT2D eigenvalue weighted by molar-refractivity contribution is 0.398. The third kappa shape index (κ3) is 2.61. The van der Waals surface area contributed by atoms with Crippen molar-refractivity contribution in [2.45, 2.75) is 11.5 Å². The van der Waals surface area contributed by atoms with Gasteiger partial charge in [0, 0.05) is 13.1 Å². The lowest BCUT2D eigenvalue weighted by atomic mass is 10.1. The number of hydrogen-bond acceptors (Lipinski definition) is 2. The molecule has 0 amide bonds. The van der Waals surface area contributed by atoms with Gasteiger partial charge in [0.2, 0.25) is 0 Å². The average molecular weight is 233 g/mol. The van der Waals surface area contributed by atoms with Crippen LogP contribution in [-0.4, -0.2) is 18.6 Å². The summed E-state index contributed by atoms with van der Waals surface area (Å²) in [6.07, 6.45) is 0.